The highest BCUT2D eigenvalue weighted by Crippen LogP contribution is 2.26. The molecule has 0 unspecified atom stereocenters. The molecule has 1 aliphatic rings. The van der Waals surface area contributed by atoms with Crippen LogP contribution in [0.4, 0.5) is 0 Å². The molecule has 0 saturated heterocycles. The van der Waals surface area contributed by atoms with Crippen molar-refractivity contribution in [3.63, 3.8) is 0 Å². The van der Waals surface area contributed by atoms with Crippen molar-refractivity contribution < 1.29 is 14.3 Å². The van der Waals surface area contributed by atoms with Crippen LogP contribution in [-0.4, -0.2) is 47.3 Å². The van der Waals surface area contributed by atoms with Gasteiger partial charge in [0, 0.05) is 55.2 Å². The quantitative estimate of drug-likeness (QED) is 0.746. The molecule has 0 aromatic carbocycles. The van der Waals surface area contributed by atoms with Crippen molar-refractivity contribution in [3.05, 3.63) is 44.9 Å². The zero-order valence-corrected chi connectivity index (χ0v) is 17.8. The van der Waals surface area contributed by atoms with Crippen LogP contribution in [0.1, 0.15) is 40.1 Å². The van der Waals surface area contributed by atoms with Crippen molar-refractivity contribution in [1.29, 1.82) is 0 Å². The van der Waals surface area contributed by atoms with Crippen LogP contribution in [0.5, 0.6) is 5.75 Å². The van der Waals surface area contributed by atoms with Crippen LogP contribution in [0, 0.1) is 13.8 Å². The highest BCUT2D eigenvalue weighted by molar-refractivity contribution is 7.10. The number of hydrogen-bond acceptors (Lipinski definition) is 5. The van der Waals surface area contributed by atoms with E-state index in [1.807, 2.05) is 18.7 Å². The number of methoxy groups -OCH3 is 1. The Kier molecular flexibility index (Phi) is 6.34. The Hall–Kier alpha value is -2.41. The molecule has 7 heteroatoms. The number of rotatable bonds is 6. The lowest BCUT2D eigenvalue weighted by atomic mass is 10.1. The number of fused-ring (bicyclic) bond motifs is 1. The molecule has 6 nitrogen and oxygen atoms in total. The Morgan fingerprint density at radius 1 is 1.32 bits per heavy atom. The summed E-state index contributed by atoms with van der Waals surface area (Å²) in [4.78, 5) is 34.3. The summed E-state index contributed by atoms with van der Waals surface area (Å²) in [5, 5.41) is 2.08. The van der Waals surface area contributed by atoms with E-state index in [1.165, 1.54) is 10.4 Å². The summed E-state index contributed by atoms with van der Waals surface area (Å²) >= 11 is 1.75. The number of thiophene rings is 1. The summed E-state index contributed by atoms with van der Waals surface area (Å²) < 4.78 is 5.43. The average molecular weight is 402 g/mol. The Morgan fingerprint density at radius 2 is 2.11 bits per heavy atom. The summed E-state index contributed by atoms with van der Waals surface area (Å²) in [6.07, 6.45) is 3.13. The lowest BCUT2D eigenvalue weighted by Crippen LogP contribution is -2.36. The number of carbonyl (C=O) groups excluding carboxylic acids is 2. The van der Waals surface area contributed by atoms with E-state index in [2.05, 4.69) is 16.4 Å². The molecule has 0 N–H and O–H groups in total. The highest BCUT2D eigenvalue weighted by atomic mass is 32.1. The monoisotopic (exact) mass is 401 g/mol. The molecular formula is C21H27N3O3S. The van der Waals surface area contributed by atoms with Crippen LogP contribution in [0.2, 0.25) is 0 Å². The average Bonchev–Trinajstić information content (AvgIpc) is 3.16. The second-order valence-corrected chi connectivity index (χ2v) is 8.23. The maximum absolute atomic E-state index is 12.5. The van der Waals surface area contributed by atoms with Gasteiger partial charge in [-0.25, -0.2) is 0 Å². The molecule has 0 bridgehead atoms. The van der Waals surface area contributed by atoms with Crippen LogP contribution in [-0.2, 0) is 29.1 Å². The molecule has 2 aromatic heterocycles. The van der Waals surface area contributed by atoms with Gasteiger partial charge in [-0.05, 0) is 37.3 Å². The zero-order chi connectivity index (χ0) is 20.3. The van der Waals surface area contributed by atoms with E-state index in [4.69, 9.17) is 4.74 Å². The van der Waals surface area contributed by atoms with E-state index < -0.39 is 0 Å². The van der Waals surface area contributed by atoms with Crippen LogP contribution in [0.3, 0.4) is 0 Å². The first-order valence-electron chi connectivity index (χ1n) is 9.46. The molecular weight excluding hydrogens is 374 g/mol. The molecule has 28 heavy (non-hydrogen) atoms. The number of carbonyl (C=O) groups is 2. The predicted octanol–water partition coefficient (Wildman–Crippen LogP) is 3.09. The minimum atomic E-state index is -0.0534. The molecule has 1 aliphatic heterocycles. The molecule has 150 valence electrons. The summed E-state index contributed by atoms with van der Waals surface area (Å²) in [5.74, 6) is 0.797. The summed E-state index contributed by atoms with van der Waals surface area (Å²) in [6, 6.07) is 2.09. The zero-order valence-electron chi connectivity index (χ0n) is 16.9. The van der Waals surface area contributed by atoms with Crippen LogP contribution >= 0.6 is 11.3 Å². The number of amides is 2. The molecule has 0 radical (unpaired) electrons. The number of aromatic nitrogens is 1. The molecule has 3 rings (SSSR count). The molecule has 0 fully saturated rings. The minimum Gasteiger partial charge on any atom is -0.496 e. The largest absolute Gasteiger partial charge is 0.496 e. The fraction of sp³-hybridized carbons (Fsp3) is 0.476. The first-order chi connectivity index (χ1) is 13.4. The third-order valence-corrected chi connectivity index (χ3v) is 6.30. The van der Waals surface area contributed by atoms with Gasteiger partial charge in [0.25, 0.3) is 0 Å². The molecule has 0 atom stereocenters. The number of hydrogen-bond donors (Lipinski definition) is 0. The van der Waals surface area contributed by atoms with Crippen molar-refractivity contribution in [1.82, 2.24) is 14.8 Å². The number of aryl methyl sites for hydroxylation is 1. The van der Waals surface area contributed by atoms with E-state index in [1.54, 1.807) is 36.6 Å². The summed E-state index contributed by atoms with van der Waals surface area (Å²) in [7, 11) is 3.39. The van der Waals surface area contributed by atoms with Gasteiger partial charge in [-0.1, -0.05) is 0 Å². The Labute approximate surface area is 170 Å². The van der Waals surface area contributed by atoms with Gasteiger partial charge >= 0.3 is 0 Å². The topological polar surface area (TPSA) is 62.7 Å². The smallest absolute Gasteiger partial charge is 0.223 e. The van der Waals surface area contributed by atoms with Crippen molar-refractivity contribution >= 4 is 23.2 Å². The SMILES string of the molecule is COc1c(C)cnc(CN(C)C(=O)CCC(=O)N2CCc3sccc3C2)c1C. The van der Waals surface area contributed by atoms with Crippen LogP contribution in [0.25, 0.3) is 0 Å². The van der Waals surface area contributed by atoms with E-state index in [0.717, 1.165) is 35.5 Å². The Balaban J connectivity index is 1.53. The predicted molar refractivity (Wildman–Crippen MR) is 109 cm³/mol. The van der Waals surface area contributed by atoms with E-state index >= 15 is 0 Å². The van der Waals surface area contributed by atoms with Gasteiger partial charge in [0.15, 0.2) is 0 Å². The van der Waals surface area contributed by atoms with Crippen LogP contribution in [0.15, 0.2) is 17.6 Å². The van der Waals surface area contributed by atoms with Crippen molar-refractivity contribution in [3.8, 4) is 5.75 Å². The van der Waals surface area contributed by atoms with E-state index in [-0.39, 0.29) is 24.7 Å². The minimum absolute atomic E-state index is 0.0462. The fourth-order valence-corrected chi connectivity index (χ4v) is 4.46. The van der Waals surface area contributed by atoms with Gasteiger partial charge in [0.1, 0.15) is 5.75 Å². The van der Waals surface area contributed by atoms with Gasteiger partial charge in [0.05, 0.1) is 19.3 Å². The second-order valence-electron chi connectivity index (χ2n) is 7.23. The van der Waals surface area contributed by atoms with Gasteiger partial charge < -0.3 is 14.5 Å². The maximum Gasteiger partial charge on any atom is 0.223 e. The van der Waals surface area contributed by atoms with Gasteiger partial charge in [-0.3, -0.25) is 14.6 Å². The van der Waals surface area contributed by atoms with Crippen LogP contribution < -0.4 is 4.74 Å². The molecule has 0 saturated carbocycles. The number of nitrogens with zero attached hydrogens (tertiary/aromatic N) is 3. The third-order valence-electron chi connectivity index (χ3n) is 5.28. The normalized spacial score (nSPS) is 13.2. The Morgan fingerprint density at radius 3 is 2.86 bits per heavy atom. The molecule has 3 heterocycles. The van der Waals surface area contributed by atoms with Gasteiger partial charge in [-0.2, -0.15) is 0 Å². The molecule has 2 aromatic rings. The lowest BCUT2D eigenvalue weighted by Gasteiger charge is -2.27. The van der Waals surface area contributed by atoms with Gasteiger partial charge in [0.2, 0.25) is 11.8 Å². The standard InChI is InChI=1S/C21H27N3O3S/c1-14-11-22-17(15(2)21(14)27-4)13-23(3)19(25)5-6-20(26)24-9-7-18-16(12-24)8-10-28-18/h8,10-11H,5-7,9,12-13H2,1-4H3. The molecule has 0 aliphatic carbocycles. The summed E-state index contributed by atoms with van der Waals surface area (Å²) in [6.45, 7) is 5.70. The highest BCUT2D eigenvalue weighted by Gasteiger charge is 2.22. The lowest BCUT2D eigenvalue weighted by molar-refractivity contribution is -0.137. The van der Waals surface area contributed by atoms with E-state index in [0.29, 0.717) is 13.1 Å². The first-order valence-corrected chi connectivity index (χ1v) is 10.3. The maximum atomic E-state index is 12.5. The first kappa shape index (κ1) is 20.3. The summed E-state index contributed by atoms with van der Waals surface area (Å²) in [5.41, 5.74) is 3.96. The Bertz CT molecular complexity index is 878. The molecule has 0 spiro atoms. The molecule has 2 amide bonds. The van der Waals surface area contributed by atoms with Crippen molar-refractivity contribution in [2.45, 2.75) is 46.2 Å². The number of ether oxygens (including phenoxy) is 1. The van der Waals surface area contributed by atoms with Gasteiger partial charge in [-0.15, -0.1) is 11.3 Å². The second kappa shape index (κ2) is 8.73. The van der Waals surface area contributed by atoms with E-state index in [9.17, 15) is 9.59 Å². The van der Waals surface area contributed by atoms with Crippen molar-refractivity contribution in [2.75, 3.05) is 20.7 Å². The number of pyridine rings is 1. The fourth-order valence-electron chi connectivity index (χ4n) is 3.57. The van der Waals surface area contributed by atoms with Crippen molar-refractivity contribution in [2.24, 2.45) is 0 Å². The third kappa shape index (κ3) is 4.35.